The molecule has 0 bridgehead atoms. The van der Waals surface area contributed by atoms with E-state index in [1.165, 1.54) is 0 Å². The van der Waals surface area contributed by atoms with Crippen molar-refractivity contribution in [3.05, 3.63) is 0 Å². The first kappa shape index (κ1) is 18.0. The Kier molecular flexibility index (Phi) is 7.15. The van der Waals surface area contributed by atoms with E-state index in [4.69, 9.17) is 9.47 Å². The number of rotatable bonds is 9. The fourth-order valence-corrected chi connectivity index (χ4v) is 2.39. The van der Waals surface area contributed by atoms with Gasteiger partial charge in [-0.3, -0.25) is 9.59 Å². The van der Waals surface area contributed by atoms with Crippen LogP contribution in [0.3, 0.4) is 0 Å². The number of carbonyl (C=O) groups excluding carboxylic acids is 2. The lowest BCUT2D eigenvalue weighted by atomic mass is 9.66. The summed E-state index contributed by atoms with van der Waals surface area (Å²) < 4.78 is 11.2. The smallest absolute Gasteiger partial charge is 0.325 e. The van der Waals surface area contributed by atoms with E-state index in [0.717, 1.165) is 32.3 Å². The Morgan fingerprint density at radius 1 is 1.19 bits per heavy atom. The quantitative estimate of drug-likeness (QED) is 0.524. The highest BCUT2D eigenvalue weighted by Gasteiger charge is 2.51. The molecule has 1 N–H and O–H groups in total. The lowest BCUT2D eigenvalue weighted by molar-refractivity contribution is -0.202. The molecule has 21 heavy (non-hydrogen) atoms. The van der Waals surface area contributed by atoms with Gasteiger partial charge in [-0.05, 0) is 12.8 Å². The van der Waals surface area contributed by atoms with Crippen LogP contribution in [0, 0.1) is 5.41 Å². The Labute approximate surface area is 127 Å². The van der Waals surface area contributed by atoms with E-state index in [2.05, 4.69) is 26.1 Å². The molecule has 1 aliphatic carbocycles. The second kappa shape index (κ2) is 8.37. The van der Waals surface area contributed by atoms with Crippen molar-refractivity contribution < 1.29 is 19.1 Å². The van der Waals surface area contributed by atoms with Crippen LogP contribution in [0.4, 0.5) is 0 Å². The normalized spacial score (nSPS) is 23.2. The summed E-state index contributed by atoms with van der Waals surface area (Å²) in [6.07, 6.45) is 4.15. The zero-order valence-corrected chi connectivity index (χ0v) is 13.7. The first-order valence-corrected chi connectivity index (χ1v) is 7.99. The zero-order valence-electron chi connectivity index (χ0n) is 13.7. The van der Waals surface area contributed by atoms with Crippen LogP contribution >= 0.6 is 0 Å². The van der Waals surface area contributed by atoms with Gasteiger partial charge in [0.1, 0.15) is 12.6 Å². The number of esters is 1. The Hall–Kier alpha value is -1.10. The summed E-state index contributed by atoms with van der Waals surface area (Å²) in [4.78, 5) is 23.0. The predicted molar refractivity (Wildman–Crippen MR) is 80.8 cm³/mol. The predicted octanol–water partition coefficient (Wildman–Crippen LogP) is 2.43. The van der Waals surface area contributed by atoms with Crippen molar-refractivity contribution in [2.45, 2.75) is 72.0 Å². The summed E-state index contributed by atoms with van der Waals surface area (Å²) in [5.74, 6) is -0.479. The van der Waals surface area contributed by atoms with Gasteiger partial charge in [0.25, 0.3) is 0 Å². The van der Waals surface area contributed by atoms with E-state index in [-0.39, 0.29) is 36.0 Å². The van der Waals surface area contributed by atoms with E-state index in [9.17, 15) is 9.59 Å². The van der Waals surface area contributed by atoms with Gasteiger partial charge < -0.3 is 14.8 Å². The third kappa shape index (κ3) is 5.30. The van der Waals surface area contributed by atoms with Gasteiger partial charge in [0, 0.05) is 24.9 Å². The average molecular weight is 299 g/mol. The van der Waals surface area contributed by atoms with Crippen LogP contribution in [0.5, 0.6) is 0 Å². The molecule has 0 saturated heterocycles. The highest BCUT2D eigenvalue weighted by molar-refractivity contribution is 5.81. The van der Waals surface area contributed by atoms with Crippen molar-refractivity contribution in [3.63, 3.8) is 0 Å². The van der Waals surface area contributed by atoms with E-state index in [1.54, 1.807) is 0 Å². The van der Waals surface area contributed by atoms with Crippen LogP contribution in [-0.4, -0.2) is 37.2 Å². The van der Waals surface area contributed by atoms with E-state index < -0.39 is 0 Å². The summed E-state index contributed by atoms with van der Waals surface area (Å²) in [6.45, 7) is 8.88. The van der Waals surface area contributed by atoms with Gasteiger partial charge in [-0.25, -0.2) is 0 Å². The largest absolute Gasteiger partial charge is 0.460 e. The Morgan fingerprint density at radius 2 is 1.90 bits per heavy atom. The van der Waals surface area contributed by atoms with Gasteiger partial charge >= 0.3 is 5.97 Å². The molecule has 0 aromatic carbocycles. The summed E-state index contributed by atoms with van der Waals surface area (Å²) in [6, 6.07) is 0. The fourth-order valence-electron chi connectivity index (χ4n) is 2.39. The maximum absolute atomic E-state index is 11.7. The number of hydrogen-bond acceptors (Lipinski definition) is 4. The van der Waals surface area contributed by atoms with Crippen LogP contribution < -0.4 is 5.32 Å². The molecule has 1 aliphatic rings. The Morgan fingerprint density at radius 3 is 2.48 bits per heavy atom. The molecule has 1 fully saturated rings. The highest BCUT2D eigenvalue weighted by atomic mass is 16.6. The molecular formula is C16H29NO4. The second-order valence-electron chi connectivity index (χ2n) is 6.28. The lowest BCUT2D eigenvalue weighted by Gasteiger charge is -2.50. The minimum atomic E-state index is -0.371. The Bertz CT molecular complexity index is 354. The molecule has 122 valence electrons. The summed E-state index contributed by atoms with van der Waals surface area (Å²) in [7, 11) is 0. The molecule has 2 atom stereocenters. The van der Waals surface area contributed by atoms with E-state index >= 15 is 0 Å². The molecule has 1 rings (SSSR count). The molecule has 0 aromatic rings. The third-order valence-corrected chi connectivity index (χ3v) is 4.09. The van der Waals surface area contributed by atoms with Crippen LogP contribution in [0.2, 0.25) is 0 Å². The Balaban J connectivity index is 2.26. The van der Waals surface area contributed by atoms with Gasteiger partial charge in [-0.15, -0.1) is 0 Å². The topological polar surface area (TPSA) is 64.6 Å². The summed E-state index contributed by atoms with van der Waals surface area (Å²) in [5.41, 5.74) is -0.156. The number of hydrogen-bond donors (Lipinski definition) is 1. The van der Waals surface area contributed by atoms with E-state index in [1.807, 2.05) is 6.92 Å². The van der Waals surface area contributed by atoms with Crippen molar-refractivity contribution in [1.82, 2.24) is 5.32 Å². The molecule has 0 aromatic heterocycles. The SMILES string of the molecule is CCCCOC1CC(OC(=O)CNC(=O)CCC)C1(C)C. The average Bonchev–Trinajstić information content (AvgIpc) is 2.43. The standard InChI is InChI=1S/C16H29NO4/c1-5-7-9-20-12-10-13(16(12,3)4)21-15(19)11-17-14(18)8-6-2/h12-13H,5-11H2,1-4H3,(H,17,18). The maximum Gasteiger partial charge on any atom is 0.325 e. The van der Waals surface area contributed by atoms with Crippen LogP contribution in [0.25, 0.3) is 0 Å². The summed E-state index contributed by atoms with van der Waals surface area (Å²) >= 11 is 0. The van der Waals surface area contributed by atoms with Gasteiger partial charge in [0.15, 0.2) is 0 Å². The number of ether oxygens (including phenoxy) is 2. The van der Waals surface area contributed by atoms with E-state index in [0.29, 0.717) is 6.42 Å². The van der Waals surface area contributed by atoms with Crippen molar-refractivity contribution in [2.75, 3.05) is 13.2 Å². The highest BCUT2D eigenvalue weighted by Crippen LogP contribution is 2.44. The number of amides is 1. The molecular weight excluding hydrogens is 270 g/mol. The molecule has 0 spiro atoms. The van der Waals surface area contributed by atoms with Crippen molar-refractivity contribution >= 4 is 11.9 Å². The minimum absolute atomic E-state index is 0.0488. The third-order valence-electron chi connectivity index (χ3n) is 4.09. The van der Waals surface area contributed by atoms with Gasteiger partial charge in [0.2, 0.25) is 5.91 Å². The molecule has 0 heterocycles. The van der Waals surface area contributed by atoms with Crippen molar-refractivity contribution in [1.29, 1.82) is 0 Å². The molecule has 0 radical (unpaired) electrons. The molecule has 5 heteroatoms. The van der Waals surface area contributed by atoms with Crippen LogP contribution in [0.15, 0.2) is 0 Å². The monoisotopic (exact) mass is 299 g/mol. The first-order chi connectivity index (χ1) is 9.91. The zero-order chi connectivity index (χ0) is 15.9. The molecule has 2 unspecified atom stereocenters. The number of nitrogens with one attached hydrogen (secondary N) is 1. The molecule has 1 amide bonds. The maximum atomic E-state index is 11.7. The second-order valence-corrected chi connectivity index (χ2v) is 6.28. The first-order valence-electron chi connectivity index (χ1n) is 7.99. The van der Waals surface area contributed by atoms with Crippen LogP contribution in [-0.2, 0) is 19.1 Å². The van der Waals surface area contributed by atoms with Crippen molar-refractivity contribution in [3.8, 4) is 0 Å². The molecule has 1 saturated carbocycles. The molecule has 5 nitrogen and oxygen atoms in total. The number of carbonyl (C=O) groups is 2. The van der Waals surface area contributed by atoms with Crippen LogP contribution in [0.1, 0.15) is 59.8 Å². The van der Waals surface area contributed by atoms with Gasteiger partial charge in [0.05, 0.1) is 6.10 Å². The minimum Gasteiger partial charge on any atom is -0.460 e. The fraction of sp³-hybridized carbons (Fsp3) is 0.875. The van der Waals surface area contributed by atoms with Crippen molar-refractivity contribution in [2.24, 2.45) is 5.41 Å². The molecule has 0 aliphatic heterocycles. The van der Waals surface area contributed by atoms with Gasteiger partial charge in [-0.1, -0.05) is 34.1 Å². The van der Waals surface area contributed by atoms with Gasteiger partial charge in [-0.2, -0.15) is 0 Å². The lowest BCUT2D eigenvalue weighted by Crippen LogP contribution is -2.57. The summed E-state index contributed by atoms with van der Waals surface area (Å²) in [5, 5.41) is 2.57. The number of unbranched alkanes of at least 4 members (excludes halogenated alkanes) is 1.